The molecule has 2 N–H and O–H groups in total. The normalized spacial score (nSPS) is 25.6. The second kappa shape index (κ2) is 5.83. The molecule has 9 heteroatoms. The Hall–Kier alpha value is -2.42. The summed E-state index contributed by atoms with van der Waals surface area (Å²) in [6.07, 6.45) is 0.537. The van der Waals surface area contributed by atoms with Crippen molar-refractivity contribution in [2.45, 2.75) is 18.9 Å². The first-order valence-corrected chi connectivity index (χ1v) is 9.99. The zero-order valence-electron chi connectivity index (χ0n) is 13.4. The topological polar surface area (TPSA) is 112 Å². The molecule has 2 atom stereocenters. The number of benzene rings is 1. The molecule has 0 unspecified atom stereocenters. The van der Waals surface area contributed by atoms with E-state index in [1.807, 2.05) is 24.3 Å². The third kappa shape index (κ3) is 2.99. The van der Waals surface area contributed by atoms with Gasteiger partial charge < -0.3 is 5.32 Å². The number of nitrogens with one attached hydrogen (secondary N) is 2. The third-order valence-corrected chi connectivity index (χ3v) is 6.55. The van der Waals surface area contributed by atoms with E-state index in [9.17, 15) is 18.0 Å². The average Bonchev–Trinajstić information content (AvgIpc) is 3.24. The standard InChI is InChI=1S/C16H18N4O4S/c21-14-7-10(16(22)17-11-5-6-25(23,24)9-11)8-20(14)15-12-3-1-2-4-13(12)18-19-15/h1-4,10-11H,5-9H2,(H,17,22)(H,18,19)/t10-,11+/m1/s1. The summed E-state index contributed by atoms with van der Waals surface area (Å²) in [7, 11) is -3.05. The average molecular weight is 362 g/mol. The van der Waals surface area contributed by atoms with Crippen LogP contribution in [0, 0.1) is 5.92 Å². The largest absolute Gasteiger partial charge is 0.352 e. The van der Waals surface area contributed by atoms with Crippen LogP contribution >= 0.6 is 0 Å². The van der Waals surface area contributed by atoms with Gasteiger partial charge in [0, 0.05) is 24.4 Å². The first kappa shape index (κ1) is 16.1. The Morgan fingerprint density at radius 3 is 2.88 bits per heavy atom. The molecule has 3 heterocycles. The molecule has 2 aromatic rings. The predicted molar refractivity (Wildman–Crippen MR) is 91.8 cm³/mol. The summed E-state index contributed by atoms with van der Waals surface area (Å²) in [5.41, 5.74) is 0.828. The zero-order valence-corrected chi connectivity index (χ0v) is 14.3. The number of aromatic nitrogens is 2. The van der Waals surface area contributed by atoms with E-state index in [2.05, 4.69) is 15.5 Å². The number of H-pyrrole nitrogens is 1. The summed E-state index contributed by atoms with van der Waals surface area (Å²) in [6, 6.07) is 7.14. The number of aromatic amines is 1. The maximum absolute atomic E-state index is 12.4. The number of nitrogens with zero attached hydrogens (tertiary/aromatic N) is 2. The van der Waals surface area contributed by atoms with Crippen LogP contribution in [0.5, 0.6) is 0 Å². The number of para-hydroxylation sites is 1. The summed E-state index contributed by atoms with van der Waals surface area (Å²) >= 11 is 0. The number of hydrogen-bond donors (Lipinski definition) is 2. The second-order valence-electron chi connectivity index (χ2n) is 6.61. The highest BCUT2D eigenvalue weighted by Gasteiger charge is 2.38. The van der Waals surface area contributed by atoms with E-state index in [0.717, 1.165) is 10.9 Å². The van der Waals surface area contributed by atoms with Gasteiger partial charge in [0.2, 0.25) is 11.8 Å². The van der Waals surface area contributed by atoms with Gasteiger partial charge in [-0.15, -0.1) is 0 Å². The molecule has 0 aliphatic carbocycles. The molecule has 4 rings (SSSR count). The van der Waals surface area contributed by atoms with Crippen molar-refractivity contribution in [3.63, 3.8) is 0 Å². The van der Waals surface area contributed by atoms with Gasteiger partial charge in [0.15, 0.2) is 15.7 Å². The fourth-order valence-electron chi connectivity index (χ4n) is 3.47. The van der Waals surface area contributed by atoms with Crippen molar-refractivity contribution in [1.29, 1.82) is 0 Å². The van der Waals surface area contributed by atoms with Gasteiger partial charge >= 0.3 is 0 Å². The van der Waals surface area contributed by atoms with Gasteiger partial charge in [-0.25, -0.2) is 8.42 Å². The molecule has 0 bridgehead atoms. The van der Waals surface area contributed by atoms with Crippen LogP contribution in [0.15, 0.2) is 24.3 Å². The second-order valence-corrected chi connectivity index (χ2v) is 8.84. The number of sulfone groups is 1. The Labute approximate surface area is 144 Å². The number of anilines is 1. The molecule has 1 aromatic heterocycles. The van der Waals surface area contributed by atoms with Crippen molar-refractivity contribution < 1.29 is 18.0 Å². The monoisotopic (exact) mass is 362 g/mol. The predicted octanol–water partition coefficient (Wildman–Crippen LogP) is 0.219. The van der Waals surface area contributed by atoms with E-state index in [-0.39, 0.29) is 42.3 Å². The molecule has 8 nitrogen and oxygen atoms in total. The number of hydrogen-bond acceptors (Lipinski definition) is 5. The molecule has 2 amide bonds. The van der Waals surface area contributed by atoms with Crippen molar-refractivity contribution >= 4 is 38.4 Å². The minimum atomic E-state index is -3.05. The van der Waals surface area contributed by atoms with E-state index in [1.54, 1.807) is 0 Å². The SMILES string of the molecule is O=C(N[C@H]1CCS(=O)(=O)C1)[C@@H]1CC(=O)N(c2n[nH]c3ccccc23)C1. The smallest absolute Gasteiger partial charge is 0.229 e. The fourth-order valence-corrected chi connectivity index (χ4v) is 5.14. The highest BCUT2D eigenvalue weighted by atomic mass is 32.2. The van der Waals surface area contributed by atoms with Gasteiger partial charge in [0.05, 0.1) is 22.9 Å². The minimum absolute atomic E-state index is 0.0207. The Morgan fingerprint density at radius 1 is 1.32 bits per heavy atom. The minimum Gasteiger partial charge on any atom is -0.352 e. The van der Waals surface area contributed by atoms with Gasteiger partial charge in [0.25, 0.3) is 0 Å². The molecule has 0 radical (unpaired) electrons. The molecule has 2 saturated heterocycles. The van der Waals surface area contributed by atoms with Crippen LogP contribution in [0.2, 0.25) is 0 Å². The summed E-state index contributed by atoms with van der Waals surface area (Å²) in [4.78, 5) is 26.3. The summed E-state index contributed by atoms with van der Waals surface area (Å²) in [6.45, 7) is 0.249. The van der Waals surface area contributed by atoms with Gasteiger partial charge in [-0.3, -0.25) is 19.6 Å². The first-order valence-electron chi connectivity index (χ1n) is 8.17. The van der Waals surface area contributed by atoms with E-state index in [1.165, 1.54) is 4.90 Å². The van der Waals surface area contributed by atoms with Crippen LogP contribution in [-0.4, -0.2) is 54.5 Å². The van der Waals surface area contributed by atoms with Gasteiger partial charge in [-0.2, -0.15) is 5.10 Å². The molecular weight excluding hydrogens is 344 g/mol. The van der Waals surface area contributed by atoms with Crippen LogP contribution in [0.4, 0.5) is 5.82 Å². The van der Waals surface area contributed by atoms with Crippen molar-refractivity contribution in [3.05, 3.63) is 24.3 Å². The molecular formula is C16H18N4O4S. The van der Waals surface area contributed by atoms with E-state index in [4.69, 9.17) is 0 Å². The maximum atomic E-state index is 12.4. The van der Waals surface area contributed by atoms with E-state index in [0.29, 0.717) is 12.2 Å². The highest BCUT2D eigenvalue weighted by Crippen LogP contribution is 2.29. The third-order valence-electron chi connectivity index (χ3n) is 4.78. The Kier molecular flexibility index (Phi) is 3.75. The molecule has 1 aromatic carbocycles. The Bertz CT molecular complexity index is 952. The lowest BCUT2D eigenvalue weighted by molar-refractivity contribution is -0.126. The van der Waals surface area contributed by atoms with E-state index >= 15 is 0 Å². The van der Waals surface area contributed by atoms with Crippen LogP contribution in [-0.2, 0) is 19.4 Å². The molecule has 2 fully saturated rings. The first-order chi connectivity index (χ1) is 11.9. The lowest BCUT2D eigenvalue weighted by Gasteiger charge is -2.16. The quantitative estimate of drug-likeness (QED) is 0.811. The molecule has 132 valence electrons. The van der Waals surface area contributed by atoms with Crippen molar-refractivity contribution in [2.24, 2.45) is 5.92 Å². The molecule has 0 saturated carbocycles. The summed E-state index contributed by atoms with van der Waals surface area (Å²) < 4.78 is 23.0. The molecule has 25 heavy (non-hydrogen) atoms. The van der Waals surface area contributed by atoms with Gasteiger partial charge in [0.1, 0.15) is 0 Å². The number of carbonyl (C=O) groups is 2. The fraction of sp³-hybridized carbons (Fsp3) is 0.438. The van der Waals surface area contributed by atoms with Crippen LogP contribution in [0.25, 0.3) is 10.9 Å². The molecule has 2 aliphatic heterocycles. The molecule has 2 aliphatic rings. The summed E-state index contributed by atoms with van der Waals surface area (Å²) in [5, 5.41) is 10.7. The summed E-state index contributed by atoms with van der Waals surface area (Å²) in [5.74, 6) is -0.306. The maximum Gasteiger partial charge on any atom is 0.229 e. The highest BCUT2D eigenvalue weighted by molar-refractivity contribution is 7.91. The number of carbonyl (C=O) groups excluding carboxylic acids is 2. The number of amides is 2. The van der Waals surface area contributed by atoms with Gasteiger partial charge in [-0.05, 0) is 18.6 Å². The number of fused-ring (bicyclic) bond motifs is 1. The van der Waals surface area contributed by atoms with Crippen molar-refractivity contribution in [3.8, 4) is 0 Å². The van der Waals surface area contributed by atoms with Crippen LogP contribution in [0.3, 0.4) is 0 Å². The van der Waals surface area contributed by atoms with Crippen LogP contribution in [0.1, 0.15) is 12.8 Å². The van der Waals surface area contributed by atoms with Gasteiger partial charge in [-0.1, -0.05) is 12.1 Å². The van der Waals surface area contributed by atoms with E-state index < -0.39 is 15.8 Å². The van der Waals surface area contributed by atoms with Crippen molar-refractivity contribution in [1.82, 2.24) is 15.5 Å². The Balaban J connectivity index is 1.48. The lowest BCUT2D eigenvalue weighted by atomic mass is 10.1. The lowest BCUT2D eigenvalue weighted by Crippen LogP contribution is -2.40. The van der Waals surface area contributed by atoms with Crippen LogP contribution < -0.4 is 10.2 Å². The molecule has 0 spiro atoms. The zero-order chi connectivity index (χ0) is 17.6. The Morgan fingerprint density at radius 2 is 2.12 bits per heavy atom. The van der Waals surface area contributed by atoms with Crippen molar-refractivity contribution in [2.75, 3.05) is 23.0 Å². The number of rotatable bonds is 3.